The van der Waals surface area contributed by atoms with Gasteiger partial charge in [0, 0.05) is 5.69 Å². The van der Waals surface area contributed by atoms with Crippen molar-refractivity contribution >= 4 is 11.6 Å². The lowest BCUT2D eigenvalue weighted by Gasteiger charge is -2.13. The Morgan fingerprint density at radius 1 is 1.45 bits per heavy atom. The lowest BCUT2D eigenvalue weighted by molar-refractivity contribution is -0.138. The number of rotatable bonds is 4. The Morgan fingerprint density at radius 3 is 2.60 bits per heavy atom. The van der Waals surface area contributed by atoms with Crippen molar-refractivity contribution in [1.29, 1.82) is 0 Å². The van der Waals surface area contributed by atoms with Gasteiger partial charge in [0.25, 0.3) is 0 Å². The van der Waals surface area contributed by atoms with E-state index in [2.05, 4.69) is 5.32 Å². The highest BCUT2D eigenvalue weighted by atomic mass is 19.4. The van der Waals surface area contributed by atoms with E-state index >= 15 is 0 Å². The molecular weight excluding hydrogens is 271 g/mol. The van der Waals surface area contributed by atoms with Gasteiger partial charge in [0.1, 0.15) is 0 Å². The predicted molar refractivity (Wildman–Crippen MR) is 68.2 cm³/mol. The number of benzene rings is 1. The number of halogens is 3. The summed E-state index contributed by atoms with van der Waals surface area (Å²) in [5.41, 5.74) is -0.352. The number of hydrogen-bond donors (Lipinski definition) is 2. The molecule has 0 aliphatic heterocycles. The highest BCUT2D eigenvalue weighted by Crippen LogP contribution is 2.34. The van der Waals surface area contributed by atoms with Crippen LogP contribution in [-0.2, 0) is 11.0 Å². The van der Waals surface area contributed by atoms with Crippen LogP contribution in [0.3, 0.4) is 0 Å². The van der Waals surface area contributed by atoms with Gasteiger partial charge in [-0.1, -0.05) is 0 Å². The van der Waals surface area contributed by atoms with Gasteiger partial charge in [-0.3, -0.25) is 4.79 Å². The second kappa shape index (κ2) is 5.44. The summed E-state index contributed by atoms with van der Waals surface area (Å²) in [6.45, 7) is 1.34. The largest absolute Gasteiger partial charge is 0.416 e. The van der Waals surface area contributed by atoms with Gasteiger partial charge >= 0.3 is 6.18 Å². The number of alkyl halides is 3. The molecule has 1 atom stereocenters. The maximum Gasteiger partial charge on any atom is 0.416 e. The molecule has 1 saturated carbocycles. The number of anilines is 1. The molecule has 1 aliphatic rings. The van der Waals surface area contributed by atoms with E-state index in [4.69, 9.17) is 0 Å². The van der Waals surface area contributed by atoms with Gasteiger partial charge in [0.15, 0.2) is 0 Å². The van der Waals surface area contributed by atoms with Gasteiger partial charge in [-0.2, -0.15) is 13.2 Å². The molecule has 2 N–H and O–H groups in total. The van der Waals surface area contributed by atoms with E-state index in [0.717, 1.165) is 18.9 Å². The Bertz CT molecular complexity index is 510. The van der Waals surface area contributed by atoms with E-state index in [1.54, 1.807) is 0 Å². The molecule has 2 rings (SSSR count). The molecule has 0 aromatic heterocycles. The number of aliphatic hydroxyl groups excluding tert-OH is 1. The van der Waals surface area contributed by atoms with Gasteiger partial charge in [-0.05, 0) is 49.4 Å². The number of nitrogens with one attached hydrogen (secondary N) is 1. The number of carbonyl (C=O) groups excluding carboxylic acids is 1. The summed E-state index contributed by atoms with van der Waals surface area (Å²) in [6, 6.07) is 3.45. The Kier molecular flexibility index (Phi) is 4.04. The standard InChI is InChI=1S/C14H16F3NO2/c1-8-6-10(4-5-11(8)14(15,16)17)18-13(20)7-12(19)9-2-3-9/h4-6,9,12,19H,2-3,7H2,1H3,(H,18,20). The summed E-state index contributed by atoms with van der Waals surface area (Å²) in [6.07, 6.45) is -3.23. The fourth-order valence-corrected chi connectivity index (χ4v) is 2.11. The molecule has 110 valence electrons. The fourth-order valence-electron chi connectivity index (χ4n) is 2.11. The van der Waals surface area contributed by atoms with E-state index in [-0.39, 0.29) is 23.8 Å². The Hall–Kier alpha value is -1.56. The molecule has 1 aromatic rings. The zero-order valence-corrected chi connectivity index (χ0v) is 11.0. The van der Waals surface area contributed by atoms with Crippen molar-refractivity contribution in [3.63, 3.8) is 0 Å². The van der Waals surface area contributed by atoms with Crippen molar-refractivity contribution < 1.29 is 23.1 Å². The second-order valence-corrected chi connectivity index (χ2v) is 5.18. The molecule has 0 spiro atoms. The average Bonchev–Trinajstić information content (AvgIpc) is 3.10. The highest BCUT2D eigenvalue weighted by Gasteiger charge is 2.33. The molecule has 1 fully saturated rings. The maximum absolute atomic E-state index is 12.6. The first kappa shape index (κ1) is 14.8. The van der Waals surface area contributed by atoms with Crippen LogP contribution in [0.25, 0.3) is 0 Å². The number of hydrogen-bond acceptors (Lipinski definition) is 2. The van der Waals surface area contributed by atoms with Crippen LogP contribution in [0.1, 0.15) is 30.4 Å². The van der Waals surface area contributed by atoms with Gasteiger partial charge in [-0.25, -0.2) is 0 Å². The summed E-state index contributed by atoms with van der Waals surface area (Å²) >= 11 is 0. The average molecular weight is 287 g/mol. The first-order chi connectivity index (χ1) is 9.27. The molecule has 3 nitrogen and oxygen atoms in total. The van der Waals surface area contributed by atoms with Gasteiger partial charge in [-0.15, -0.1) is 0 Å². The first-order valence-corrected chi connectivity index (χ1v) is 6.43. The van der Waals surface area contributed by atoms with E-state index in [0.29, 0.717) is 5.69 Å². The smallest absolute Gasteiger partial charge is 0.392 e. The number of carbonyl (C=O) groups is 1. The lowest BCUT2D eigenvalue weighted by Crippen LogP contribution is -2.21. The minimum absolute atomic E-state index is 0.0231. The third kappa shape index (κ3) is 3.72. The Balaban J connectivity index is 1.99. The Morgan fingerprint density at radius 2 is 2.10 bits per heavy atom. The van der Waals surface area contributed by atoms with Crippen LogP contribution in [0.15, 0.2) is 18.2 Å². The third-order valence-corrected chi connectivity index (χ3v) is 3.38. The monoisotopic (exact) mass is 287 g/mol. The SMILES string of the molecule is Cc1cc(NC(=O)CC(O)C2CC2)ccc1C(F)(F)F. The fraction of sp³-hybridized carbons (Fsp3) is 0.500. The van der Waals surface area contributed by atoms with Crippen molar-refractivity contribution in [2.45, 2.75) is 38.5 Å². The molecule has 0 bridgehead atoms. The first-order valence-electron chi connectivity index (χ1n) is 6.43. The number of aliphatic hydroxyl groups is 1. The molecule has 0 saturated heterocycles. The third-order valence-electron chi connectivity index (χ3n) is 3.38. The van der Waals surface area contributed by atoms with Crippen LogP contribution in [0.4, 0.5) is 18.9 Å². The van der Waals surface area contributed by atoms with Crippen LogP contribution in [0.2, 0.25) is 0 Å². The summed E-state index contributed by atoms with van der Waals surface area (Å²) in [4.78, 5) is 11.7. The molecular formula is C14H16F3NO2. The van der Waals surface area contributed by atoms with E-state index in [1.807, 2.05) is 0 Å². The van der Waals surface area contributed by atoms with Crippen molar-refractivity contribution in [3.05, 3.63) is 29.3 Å². The van der Waals surface area contributed by atoms with Crippen molar-refractivity contribution in [2.75, 3.05) is 5.32 Å². The zero-order chi connectivity index (χ0) is 14.9. The van der Waals surface area contributed by atoms with Crippen molar-refractivity contribution in [3.8, 4) is 0 Å². The van der Waals surface area contributed by atoms with E-state index < -0.39 is 17.8 Å². The summed E-state index contributed by atoms with van der Waals surface area (Å²) in [5.74, 6) is -0.196. The highest BCUT2D eigenvalue weighted by molar-refractivity contribution is 5.91. The van der Waals surface area contributed by atoms with Crippen LogP contribution in [-0.4, -0.2) is 17.1 Å². The molecule has 1 amide bonds. The van der Waals surface area contributed by atoms with Crippen molar-refractivity contribution in [1.82, 2.24) is 0 Å². The van der Waals surface area contributed by atoms with E-state index in [1.165, 1.54) is 19.1 Å². The molecule has 0 heterocycles. The second-order valence-electron chi connectivity index (χ2n) is 5.18. The quantitative estimate of drug-likeness (QED) is 0.894. The minimum Gasteiger partial charge on any atom is -0.392 e. The van der Waals surface area contributed by atoms with Crippen LogP contribution < -0.4 is 5.32 Å². The minimum atomic E-state index is -4.39. The maximum atomic E-state index is 12.6. The number of aryl methyl sites for hydroxylation is 1. The van der Waals surface area contributed by atoms with Crippen LogP contribution in [0.5, 0.6) is 0 Å². The summed E-state index contributed by atoms with van der Waals surface area (Å²) in [7, 11) is 0. The predicted octanol–water partition coefficient (Wildman–Crippen LogP) is 3.11. The summed E-state index contributed by atoms with van der Waals surface area (Å²) < 4.78 is 37.8. The normalized spacial score (nSPS) is 16.9. The summed E-state index contributed by atoms with van der Waals surface area (Å²) in [5, 5.41) is 12.1. The van der Waals surface area contributed by atoms with Crippen LogP contribution >= 0.6 is 0 Å². The molecule has 0 radical (unpaired) electrons. The van der Waals surface area contributed by atoms with E-state index in [9.17, 15) is 23.1 Å². The molecule has 1 aliphatic carbocycles. The van der Waals surface area contributed by atoms with Crippen molar-refractivity contribution in [2.24, 2.45) is 5.92 Å². The lowest BCUT2D eigenvalue weighted by atomic mass is 10.1. The molecule has 6 heteroatoms. The molecule has 1 unspecified atom stereocenters. The van der Waals surface area contributed by atoms with Crippen LogP contribution in [0, 0.1) is 12.8 Å². The van der Waals surface area contributed by atoms with Gasteiger partial charge in [0.2, 0.25) is 5.91 Å². The topological polar surface area (TPSA) is 49.3 Å². The zero-order valence-electron chi connectivity index (χ0n) is 11.0. The number of amides is 1. The Labute approximate surface area is 114 Å². The van der Waals surface area contributed by atoms with Gasteiger partial charge in [0.05, 0.1) is 18.1 Å². The molecule has 1 aromatic carbocycles. The van der Waals surface area contributed by atoms with Gasteiger partial charge < -0.3 is 10.4 Å². The molecule has 20 heavy (non-hydrogen) atoms.